The van der Waals surface area contributed by atoms with Crippen LogP contribution in [0.4, 0.5) is 5.69 Å². The predicted octanol–water partition coefficient (Wildman–Crippen LogP) is 0.403. The predicted molar refractivity (Wildman–Crippen MR) is 104 cm³/mol. The lowest BCUT2D eigenvalue weighted by Gasteiger charge is -2.40. The van der Waals surface area contributed by atoms with Gasteiger partial charge in [0.15, 0.2) is 10.9 Å². The third-order valence-corrected chi connectivity index (χ3v) is 5.35. The maximum absolute atomic E-state index is 11.4. The highest BCUT2D eigenvalue weighted by Gasteiger charge is 2.54. The number of amidine groups is 1. The summed E-state index contributed by atoms with van der Waals surface area (Å²) in [6.07, 6.45) is -0.289. The second kappa shape index (κ2) is 9.46. The van der Waals surface area contributed by atoms with Crippen molar-refractivity contribution < 1.29 is 25.0 Å². The molecular formula is C15H20BrN4O6S-. The van der Waals surface area contributed by atoms with Gasteiger partial charge in [-0.2, -0.15) is 7.11 Å². The maximum atomic E-state index is 11.4. The number of hydrogen-bond donors (Lipinski definition) is 2. The Balaban J connectivity index is 0.00000118. The van der Waals surface area contributed by atoms with E-state index in [0.29, 0.717) is 18.5 Å². The van der Waals surface area contributed by atoms with Crippen molar-refractivity contribution in [2.45, 2.75) is 17.4 Å². The van der Waals surface area contributed by atoms with Crippen molar-refractivity contribution in [2.24, 2.45) is 4.99 Å². The van der Waals surface area contributed by atoms with Crippen molar-refractivity contribution >= 4 is 45.6 Å². The van der Waals surface area contributed by atoms with Gasteiger partial charge in [-0.3, -0.25) is 19.8 Å². The number of benzene rings is 1. The number of thioether (sulfide) groups is 1. The fraction of sp³-hybridized carbons (Fsp3) is 0.467. The lowest BCUT2D eigenvalue weighted by Crippen LogP contribution is -2.54. The van der Waals surface area contributed by atoms with Gasteiger partial charge in [0.1, 0.15) is 0 Å². The number of non-ortho nitro benzene ring substituents is 1. The number of carboxylic acids is 1. The zero-order chi connectivity index (χ0) is 19.5. The van der Waals surface area contributed by atoms with Gasteiger partial charge >= 0.3 is 5.97 Å². The molecule has 1 aromatic rings. The van der Waals surface area contributed by atoms with E-state index < -0.39 is 21.9 Å². The Morgan fingerprint density at radius 1 is 1.48 bits per heavy atom. The van der Waals surface area contributed by atoms with Crippen LogP contribution in [-0.4, -0.2) is 68.8 Å². The van der Waals surface area contributed by atoms with E-state index in [1.54, 1.807) is 11.0 Å². The number of nitro groups is 1. The van der Waals surface area contributed by atoms with Crippen molar-refractivity contribution in [3.63, 3.8) is 0 Å². The molecule has 0 aliphatic carbocycles. The number of rotatable bonds is 4. The molecule has 10 nitrogen and oxygen atoms in total. The van der Waals surface area contributed by atoms with Crippen LogP contribution in [0.1, 0.15) is 12.0 Å². The summed E-state index contributed by atoms with van der Waals surface area (Å²) < 4.78 is 0. The van der Waals surface area contributed by atoms with E-state index in [2.05, 4.69) is 4.99 Å². The molecule has 12 heteroatoms. The van der Waals surface area contributed by atoms with E-state index in [1.807, 2.05) is 11.9 Å². The highest BCUT2D eigenvalue weighted by atomic mass is 79.9. The molecule has 2 unspecified atom stereocenters. The number of carboxylic acid groups (broad SMARTS) is 1. The molecule has 0 aromatic heterocycles. The zero-order valence-corrected chi connectivity index (χ0v) is 17.2. The van der Waals surface area contributed by atoms with E-state index in [-0.39, 0.29) is 34.7 Å². The first-order valence-electron chi connectivity index (χ1n) is 7.59. The average Bonchev–Trinajstić information content (AvgIpc) is 2.89. The Morgan fingerprint density at radius 2 is 2.15 bits per heavy atom. The highest BCUT2D eigenvalue weighted by Crippen LogP contribution is 2.47. The number of aliphatic imine (C=N–C) groups is 1. The number of hydrogen-bond acceptors (Lipinski definition) is 9. The molecule has 0 spiro atoms. The second-order valence-electron chi connectivity index (χ2n) is 5.75. The molecule has 1 saturated heterocycles. The molecule has 3 rings (SSSR count). The van der Waals surface area contributed by atoms with Gasteiger partial charge < -0.3 is 20.2 Å². The van der Waals surface area contributed by atoms with E-state index in [0.717, 1.165) is 7.11 Å². The maximum Gasteiger partial charge on any atom is 0.304 e. The first kappa shape index (κ1) is 23.3. The van der Waals surface area contributed by atoms with Gasteiger partial charge in [0.05, 0.1) is 29.9 Å². The first-order chi connectivity index (χ1) is 12.3. The normalized spacial score (nSPS) is 24.1. The topological polar surface area (TPSA) is 143 Å². The molecule has 0 amide bonds. The molecular weight excluding hydrogens is 444 g/mol. The number of fused-ring (bicyclic) bond motifs is 1. The van der Waals surface area contributed by atoms with E-state index in [9.17, 15) is 25.1 Å². The van der Waals surface area contributed by atoms with E-state index in [4.69, 9.17) is 5.11 Å². The van der Waals surface area contributed by atoms with Crippen molar-refractivity contribution in [3.05, 3.63) is 39.9 Å². The molecule has 1 fully saturated rings. The van der Waals surface area contributed by atoms with Crippen LogP contribution < -0.4 is 5.11 Å². The fourth-order valence-electron chi connectivity index (χ4n) is 2.88. The molecule has 0 bridgehead atoms. The summed E-state index contributed by atoms with van der Waals surface area (Å²) in [6, 6.07) is 5.67. The summed E-state index contributed by atoms with van der Waals surface area (Å²) >= 11 is 1.19. The summed E-state index contributed by atoms with van der Waals surface area (Å²) in [4.78, 5) is 29.5. The Kier molecular flexibility index (Phi) is 8.17. The van der Waals surface area contributed by atoms with Crippen molar-refractivity contribution in [1.82, 2.24) is 9.80 Å². The third kappa shape index (κ3) is 4.58. The molecule has 150 valence electrons. The molecule has 1 aromatic carbocycles. The highest BCUT2D eigenvalue weighted by molar-refractivity contribution is 8.93. The van der Waals surface area contributed by atoms with Crippen LogP contribution in [0, 0.1) is 10.1 Å². The first-order valence-corrected chi connectivity index (χ1v) is 8.47. The monoisotopic (exact) mass is 463 g/mol. The van der Waals surface area contributed by atoms with Gasteiger partial charge in [0.2, 0.25) is 0 Å². The van der Waals surface area contributed by atoms with Gasteiger partial charge in [-0.1, -0.05) is 23.9 Å². The van der Waals surface area contributed by atoms with Crippen molar-refractivity contribution in [3.8, 4) is 0 Å². The SMILES string of the molecule is Br.CN1CN=C2SC(CC(=O)O)C(O)(c3cccc([N+](=O)[O-])c3)N2C1.C[O-]. The average molecular weight is 464 g/mol. The summed E-state index contributed by atoms with van der Waals surface area (Å²) in [5.74, 6) is -1.05. The smallest absolute Gasteiger partial charge is 0.304 e. The van der Waals surface area contributed by atoms with E-state index >= 15 is 0 Å². The molecule has 2 aliphatic heterocycles. The molecule has 2 N–H and O–H groups in total. The van der Waals surface area contributed by atoms with E-state index in [1.165, 1.54) is 30.0 Å². The number of carbonyl (C=O) groups is 1. The van der Waals surface area contributed by atoms with Crippen LogP contribution in [0.3, 0.4) is 0 Å². The van der Waals surface area contributed by atoms with Crippen LogP contribution in [0.2, 0.25) is 0 Å². The lowest BCUT2D eigenvalue weighted by molar-refractivity contribution is -0.385. The summed E-state index contributed by atoms with van der Waals surface area (Å²) in [6.45, 7) is 0.796. The lowest BCUT2D eigenvalue weighted by atomic mass is 9.95. The van der Waals surface area contributed by atoms with Crippen molar-refractivity contribution in [2.75, 3.05) is 27.5 Å². The van der Waals surface area contributed by atoms with Crippen molar-refractivity contribution in [1.29, 1.82) is 0 Å². The number of aliphatic carboxylic acids is 1. The van der Waals surface area contributed by atoms with Crippen LogP contribution in [-0.2, 0) is 10.5 Å². The molecule has 2 aliphatic rings. The van der Waals surface area contributed by atoms with Gasteiger partial charge in [0, 0.05) is 17.7 Å². The van der Waals surface area contributed by atoms with Crippen LogP contribution in [0.25, 0.3) is 0 Å². The van der Waals surface area contributed by atoms with Crippen LogP contribution in [0.15, 0.2) is 29.3 Å². The van der Waals surface area contributed by atoms with Crippen LogP contribution >= 0.6 is 28.7 Å². The number of aliphatic hydroxyl groups is 1. The Labute approximate surface area is 170 Å². The van der Waals surface area contributed by atoms with Gasteiger partial charge in [-0.15, -0.1) is 17.0 Å². The molecule has 0 radical (unpaired) electrons. The Morgan fingerprint density at radius 3 is 2.74 bits per heavy atom. The van der Waals surface area contributed by atoms with Gasteiger partial charge in [-0.25, -0.2) is 4.99 Å². The standard InChI is InChI=1S/C14H16N4O5S.CH3O.BrH/c1-16-7-15-13-17(8-16)14(21,11(24-13)6-12(19)20)9-3-2-4-10(5-9)18(22)23;1-2;/h2-5,11,21H,6-8H2,1H3,(H,19,20);1H3;1H/q;-1;. The summed E-state index contributed by atoms with van der Waals surface area (Å²) in [5, 5.41) is 39.7. The molecule has 2 atom stereocenters. The third-order valence-electron chi connectivity index (χ3n) is 4.01. The molecule has 2 heterocycles. The number of halogens is 1. The largest absolute Gasteiger partial charge is 0.857 e. The summed E-state index contributed by atoms with van der Waals surface area (Å²) in [5.41, 5.74) is -1.55. The zero-order valence-electron chi connectivity index (χ0n) is 14.6. The Hall–Kier alpha value is -1.73. The second-order valence-corrected chi connectivity index (χ2v) is 6.92. The minimum Gasteiger partial charge on any atom is -0.857 e. The number of nitrogens with zero attached hydrogens (tertiary/aromatic N) is 4. The fourth-order valence-corrected chi connectivity index (χ4v) is 4.25. The van der Waals surface area contributed by atoms with Gasteiger partial charge in [0.25, 0.3) is 5.69 Å². The van der Waals surface area contributed by atoms with Gasteiger partial charge in [-0.05, 0) is 7.05 Å². The molecule has 27 heavy (non-hydrogen) atoms. The minimum absolute atomic E-state index is 0. The minimum atomic E-state index is -1.68. The Bertz CT molecular complexity index is 736. The van der Waals surface area contributed by atoms with Crippen LogP contribution in [0.5, 0.6) is 0 Å². The quantitative estimate of drug-likeness (QED) is 0.478. The summed E-state index contributed by atoms with van der Waals surface area (Å²) in [7, 11) is 2.57. The number of nitro benzene ring substituents is 1. The molecule has 0 saturated carbocycles.